The molecule has 1 aromatic heterocycles. The standard InChI is InChI=1S/C12H22N4O2/c1-11(2,3)13-7-9-15-16-10(18-9)14-12(4)5-6-17-8-12/h13H,5-8H2,1-4H3,(H,14,16). The largest absolute Gasteiger partial charge is 0.407 e. The Morgan fingerprint density at radius 2 is 2.11 bits per heavy atom. The Kier molecular flexibility index (Phi) is 3.59. The topological polar surface area (TPSA) is 72.2 Å². The SMILES string of the molecule is CC(C)(C)NCc1nnc(NC2(C)CCOC2)o1. The first-order valence-electron chi connectivity index (χ1n) is 6.30. The molecule has 0 radical (unpaired) electrons. The Balaban J connectivity index is 1.90. The van der Waals surface area contributed by atoms with Crippen LogP contribution >= 0.6 is 0 Å². The molecule has 0 aliphatic carbocycles. The molecule has 1 aliphatic rings. The molecule has 1 aliphatic heterocycles. The molecule has 1 fully saturated rings. The minimum absolute atomic E-state index is 0.0351. The summed E-state index contributed by atoms with van der Waals surface area (Å²) in [6, 6.07) is 0.466. The smallest absolute Gasteiger partial charge is 0.316 e. The Bertz CT molecular complexity index is 391. The van der Waals surface area contributed by atoms with Crippen LogP contribution in [0.1, 0.15) is 40.0 Å². The fourth-order valence-corrected chi connectivity index (χ4v) is 1.74. The van der Waals surface area contributed by atoms with Gasteiger partial charge in [-0.25, -0.2) is 0 Å². The van der Waals surface area contributed by atoms with Crippen LogP contribution in [0.15, 0.2) is 4.42 Å². The number of ether oxygens (including phenoxy) is 1. The van der Waals surface area contributed by atoms with Gasteiger partial charge in [0.05, 0.1) is 18.7 Å². The quantitative estimate of drug-likeness (QED) is 0.849. The van der Waals surface area contributed by atoms with Gasteiger partial charge in [-0.2, -0.15) is 0 Å². The minimum atomic E-state index is -0.0960. The Morgan fingerprint density at radius 1 is 1.33 bits per heavy atom. The average Bonchev–Trinajstić information content (AvgIpc) is 2.84. The van der Waals surface area contributed by atoms with Gasteiger partial charge in [-0.05, 0) is 34.1 Å². The molecular weight excluding hydrogens is 232 g/mol. The van der Waals surface area contributed by atoms with Crippen molar-refractivity contribution >= 4 is 6.01 Å². The molecule has 6 nitrogen and oxygen atoms in total. The summed E-state index contributed by atoms with van der Waals surface area (Å²) in [5.41, 5.74) is -0.0609. The van der Waals surface area contributed by atoms with Crippen LogP contribution in [0.5, 0.6) is 0 Å². The zero-order valence-corrected chi connectivity index (χ0v) is 11.5. The average molecular weight is 254 g/mol. The summed E-state index contributed by atoms with van der Waals surface area (Å²) in [7, 11) is 0. The van der Waals surface area contributed by atoms with Crippen LogP contribution in [0.2, 0.25) is 0 Å². The molecule has 0 bridgehead atoms. The van der Waals surface area contributed by atoms with Crippen molar-refractivity contribution in [1.29, 1.82) is 0 Å². The minimum Gasteiger partial charge on any atom is -0.407 e. The predicted molar refractivity (Wildman–Crippen MR) is 68.4 cm³/mol. The molecule has 102 valence electrons. The summed E-state index contributed by atoms with van der Waals surface area (Å²) in [4.78, 5) is 0. The number of nitrogens with one attached hydrogen (secondary N) is 2. The van der Waals surface area contributed by atoms with Crippen molar-refractivity contribution in [2.45, 2.75) is 51.7 Å². The molecule has 1 unspecified atom stereocenters. The Morgan fingerprint density at radius 3 is 2.72 bits per heavy atom. The molecule has 6 heteroatoms. The van der Waals surface area contributed by atoms with Crippen molar-refractivity contribution in [2.75, 3.05) is 18.5 Å². The van der Waals surface area contributed by atoms with Gasteiger partial charge in [0.2, 0.25) is 5.89 Å². The van der Waals surface area contributed by atoms with Crippen LogP contribution in [0.3, 0.4) is 0 Å². The van der Waals surface area contributed by atoms with Crippen LogP contribution in [-0.4, -0.2) is 34.5 Å². The van der Waals surface area contributed by atoms with Gasteiger partial charge >= 0.3 is 6.01 Å². The van der Waals surface area contributed by atoms with Crippen molar-refractivity contribution in [2.24, 2.45) is 0 Å². The lowest BCUT2D eigenvalue weighted by Crippen LogP contribution is -2.35. The first-order chi connectivity index (χ1) is 8.36. The predicted octanol–water partition coefficient (Wildman–Crippen LogP) is 1.55. The number of nitrogens with zero attached hydrogens (tertiary/aromatic N) is 2. The fourth-order valence-electron chi connectivity index (χ4n) is 1.74. The first-order valence-corrected chi connectivity index (χ1v) is 6.30. The maximum atomic E-state index is 5.55. The molecule has 0 amide bonds. The van der Waals surface area contributed by atoms with Gasteiger partial charge in [-0.1, -0.05) is 5.10 Å². The van der Waals surface area contributed by atoms with E-state index < -0.39 is 0 Å². The lowest BCUT2D eigenvalue weighted by molar-refractivity contribution is 0.184. The van der Waals surface area contributed by atoms with Crippen LogP contribution in [0, 0.1) is 0 Å². The summed E-state index contributed by atoms with van der Waals surface area (Å²) in [5, 5.41) is 14.6. The number of hydrogen-bond donors (Lipinski definition) is 2. The molecule has 2 rings (SSSR count). The van der Waals surface area contributed by atoms with E-state index in [9.17, 15) is 0 Å². The van der Waals surface area contributed by atoms with E-state index in [1.807, 2.05) is 0 Å². The van der Waals surface area contributed by atoms with Crippen LogP contribution in [-0.2, 0) is 11.3 Å². The van der Waals surface area contributed by atoms with Gasteiger partial charge in [-0.15, -0.1) is 5.10 Å². The van der Waals surface area contributed by atoms with E-state index in [1.54, 1.807) is 0 Å². The molecular formula is C12H22N4O2. The van der Waals surface area contributed by atoms with Gasteiger partial charge in [0.15, 0.2) is 0 Å². The van der Waals surface area contributed by atoms with Crippen molar-refractivity contribution < 1.29 is 9.15 Å². The number of rotatable bonds is 4. The molecule has 1 aromatic rings. The lowest BCUT2D eigenvalue weighted by Gasteiger charge is -2.21. The maximum absolute atomic E-state index is 5.55. The fraction of sp³-hybridized carbons (Fsp3) is 0.833. The van der Waals surface area contributed by atoms with Gasteiger partial charge in [0, 0.05) is 12.1 Å². The third kappa shape index (κ3) is 3.68. The van der Waals surface area contributed by atoms with E-state index in [2.05, 4.69) is 48.5 Å². The van der Waals surface area contributed by atoms with Gasteiger partial charge < -0.3 is 19.8 Å². The van der Waals surface area contributed by atoms with Gasteiger partial charge in [0.25, 0.3) is 0 Å². The van der Waals surface area contributed by atoms with Crippen molar-refractivity contribution in [3.63, 3.8) is 0 Å². The molecule has 1 atom stereocenters. The normalized spacial score (nSPS) is 24.4. The van der Waals surface area contributed by atoms with Gasteiger partial charge in [-0.3, -0.25) is 0 Å². The molecule has 2 heterocycles. The van der Waals surface area contributed by atoms with Crippen molar-refractivity contribution in [3.05, 3.63) is 5.89 Å². The second kappa shape index (κ2) is 4.85. The lowest BCUT2D eigenvalue weighted by atomic mass is 10.0. The monoisotopic (exact) mass is 254 g/mol. The molecule has 0 saturated carbocycles. The molecule has 18 heavy (non-hydrogen) atoms. The molecule has 0 spiro atoms. The second-order valence-electron chi connectivity index (χ2n) is 6.09. The zero-order valence-electron chi connectivity index (χ0n) is 11.5. The van der Waals surface area contributed by atoms with Crippen molar-refractivity contribution in [3.8, 4) is 0 Å². The number of aromatic nitrogens is 2. The summed E-state index contributed by atoms with van der Waals surface area (Å²) in [5.74, 6) is 0.593. The highest BCUT2D eigenvalue weighted by Crippen LogP contribution is 2.22. The summed E-state index contributed by atoms with van der Waals surface area (Å²) in [6.07, 6.45) is 0.949. The van der Waals surface area contributed by atoms with E-state index in [0.717, 1.165) is 13.0 Å². The third-order valence-corrected chi connectivity index (χ3v) is 2.86. The van der Waals surface area contributed by atoms with E-state index in [-0.39, 0.29) is 11.1 Å². The highest BCUT2D eigenvalue weighted by molar-refractivity contribution is 5.24. The number of anilines is 1. The van der Waals surface area contributed by atoms with Crippen LogP contribution in [0.4, 0.5) is 6.01 Å². The summed E-state index contributed by atoms with van der Waals surface area (Å²) < 4.78 is 10.9. The molecule has 1 saturated heterocycles. The van der Waals surface area contributed by atoms with E-state index in [1.165, 1.54) is 0 Å². The van der Waals surface area contributed by atoms with Crippen LogP contribution in [0.25, 0.3) is 0 Å². The number of hydrogen-bond acceptors (Lipinski definition) is 6. The van der Waals surface area contributed by atoms with Crippen LogP contribution < -0.4 is 10.6 Å². The molecule has 2 N–H and O–H groups in total. The van der Waals surface area contributed by atoms with Gasteiger partial charge in [0.1, 0.15) is 0 Å². The Hall–Kier alpha value is -1.14. The first kappa shape index (κ1) is 13.3. The molecule has 0 aromatic carbocycles. The highest BCUT2D eigenvalue weighted by atomic mass is 16.5. The zero-order chi connectivity index (χ0) is 13.2. The Labute approximate surface area is 107 Å². The van der Waals surface area contributed by atoms with E-state index >= 15 is 0 Å². The third-order valence-electron chi connectivity index (χ3n) is 2.86. The summed E-state index contributed by atoms with van der Waals surface area (Å²) in [6.45, 7) is 10.4. The second-order valence-corrected chi connectivity index (χ2v) is 6.09. The summed E-state index contributed by atoms with van der Waals surface area (Å²) >= 11 is 0. The van der Waals surface area contributed by atoms with E-state index in [4.69, 9.17) is 9.15 Å². The van der Waals surface area contributed by atoms with E-state index in [0.29, 0.717) is 25.1 Å². The van der Waals surface area contributed by atoms with Crippen molar-refractivity contribution in [1.82, 2.24) is 15.5 Å². The highest BCUT2D eigenvalue weighted by Gasteiger charge is 2.31. The maximum Gasteiger partial charge on any atom is 0.316 e.